The molecule has 3 aromatic carbocycles. The number of carbonyl (C=O) groups excluding carboxylic acids is 4. The van der Waals surface area contributed by atoms with Gasteiger partial charge in [-0.2, -0.15) is 0 Å². The minimum atomic E-state index is -0.246. The van der Waals surface area contributed by atoms with Gasteiger partial charge in [0.05, 0.1) is 65.5 Å². The molecule has 0 bridgehead atoms. The van der Waals surface area contributed by atoms with Crippen molar-refractivity contribution in [2.45, 2.75) is 46.0 Å². The normalized spacial score (nSPS) is 14.7. The predicted molar refractivity (Wildman–Crippen MR) is 182 cm³/mol. The summed E-state index contributed by atoms with van der Waals surface area (Å²) in [6.07, 6.45) is 5.35. The van der Waals surface area contributed by atoms with Gasteiger partial charge in [0.2, 0.25) is 0 Å². The second-order valence-electron chi connectivity index (χ2n) is 15.3. The zero-order valence-electron chi connectivity index (χ0n) is 29.2. The lowest BCUT2D eigenvalue weighted by atomic mass is 9.88. The van der Waals surface area contributed by atoms with Crippen LogP contribution in [0.5, 0.6) is 0 Å². The number of amides is 4. The molecule has 0 saturated heterocycles. The van der Waals surface area contributed by atoms with Crippen molar-refractivity contribution in [1.82, 2.24) is 9.80 Å². The third kappa shape index (κ3) is 8.80. The van der Waals surface area contributed by atoms with Gasteiger partial charge in [-0.15, -0.1) is 0 Å². The summed E-state index contributed by atoms with van der Waals surface area (Å²) in [5.74, 6) is -0.740. The van der Waals surface area contributed by atoms with Crippen LogP contribution in [-0.2, 0) is 0 Å². The molecule has 4 amide bonds. The van der Waals surface area contributed by atoms with Gasteiger partial charge in [-0.3, -0.25) is 29.0 Å². The quantitative estimate of drug-likeness (QED) is 0.122. The summed E-state index contributed by atoms with van der Waals surface area (Å²) < 4.78 is 1.70. The topological polar surface area (TPSA) is 74.8 Å². The zero-order chi connectivity index (χ0) is 33.3. The van der Waals surface area contributed by atoms with E-state index >= 15 is 0 Å². The first-order chi connectivity index (χ1) is 21.7. The minimum Gasteiger partial charge on any atom is -1.00 e. The third-order valence-electron chi connectivity index (χ3n) is 9.60. The van der Waals surface area contributed by atoms with Crippen LogP contribution in [0, 0.1) is 5.41 Å². The van der Waals surface area contributed by atoms with E-state index in [-0.39, 0.29) is 63.0 Å². The molecule has 3 aromatic rings. The lowest BCUT2D eigenvalue weighted by molar-refractivity contribution is -0.896. The number of hydrogen-bond donors (Lipinski definition) is 0. The highest BCUT2D eigenvalue weighted by atomic mass is 79.9. The molecule has 0 atom stereocenters. The number of carbonyl (C=O) groups is 4. The van der Waals surface area contributed by atoms with Gasteiger partial charge in [0.15, 0.2) is 0 Å². The fraction of sp³-hybridized carbons (Fsp3) is 0.474. The van der Waals surface area contributed by atoms with Crippen LogP contribution in [0.1, 0.15) is 87.4 Å². The van der Waals surface area contributed by atoms with Crippen LogP contribution in [0.25, 0.3) is 10.8 Å². The predicted octanol–water partition coefficient (Wildman–Crippen LogP) is -0.130. The van der Waals surface area contributed by atoms with Crippen LogP contribution in [-0.4, -0.2) is 110 Å². The van der Waals surface area contributed by atoms with Gasteiger partial charge in [-0.05, 0) is 55.3 Å². The Kier molecular flexibility index (Phi) is 13.0. The molecular weight excluding hydrogens is 736 g/mol. The Balaban J connectivity index is 0.00000312. The molecule has 2 heterocycles. The van der Waals surface area contributed by atoms with E-state index < -0.39 is 0 Å². The van der Waals surface area contributed by atoms with E-state index in [2.05, 4.69) is 42.0 Å². The average Bonchev–Trinajstić information content (AvgIpc) is 3.24. The first-order valence-corrected chi connectivity index (χ1v) is 16.7. The van der Waals surface area contributed by atoms with Crippen molar-refractivity contribution in [2.75, 3.05) is 67.5 Å². The van der Waals surface area contributed by atoms with Crippen molar-refractivity contribution in [3.05, 3.63) is 82.9 Å². The lowest BCUT2D eigenvalue weighted by Gasteiger charge is -2.40. The molecule has 0 unspecified atom stereocenters. The smallest absolute Gasteiger partial charge is 0.261 e. The molecule has 2 aliphatic heterocycles. The van der Waals surface area contributed by atoms with Crippen molar-refractivity contribution in [3.63, 3.8) is 0 Å². The van der Waals surface area contributed by atoms with Crippen LogP contribution >= 0.6 is 0 Å². The number of nitrogens with zero attached hydrogens (tertiary/aromatic N) is 4. The Morgan fingerprint density at radius 3 is 1.50 bits per heavy atom. The van der Waals surface area contributed by atoms with E-state index in [0.29, 0.717) is 35.3 Å². The van der Waals surface area contributed by atoms with E-state index in [9.17, 15) is 19.2 Å². The highest BCUT2D eigenvalue weighted by Crippen LogP contribution is 2.32. The number of imide groups is 2. The monoisotopic (exact) mass is 784 g/mol. The van der Waals surface area contributed by atoms with Crippen molar-refractivity contribution >= 4 is 34.4 Å². The summed E-state index contributed by atoms with van der Waals surface area (Å²) in [5, 5.41) is 1.70. The fourth-order valence-corrected chi connectivity index (χ4v) is 7.58. The highest BCUT2D eigenvalue weighted by molar-refractivity contribution is 6.25. The largest absolute Gasteiger partial charge is 1.00 e. The van der Waals surface area contributed by atoms with Gasteiger partial charge in [0, 0.05) is 41.4 Å². The number of halogens is 2. The van der Waals surface area contributed by atoms with E-state index in [4.69, 9.17) is 0 Å². The molecule has 48 heavy (non-hydrogen) atoms. The second-order valence-corrected chi connectivity index (χ2v) is 15.3. The Morgan fingerprint density at radius 1 is 0.542 bits per heavy atom. The van der Waals surface area contributed by atoms with Crippen molar-refractivity contribution in [1.29, 1.82) is 0 Å². The zero-order valence-corrected chi connectivity index (χ0v) is 32.4. The Labute approximate surface area is 306 Å². The Morgan fingerprint density at radius 2 is 0.979 bits per heavy atom. The second kappa shape index (κ2) is 15.7. The summed E-state index contributed by atoms with van der Waals surface area (Å²) in [6.45, 7) is 9.01. The third-order valence-corrected chi connectivity index (χ3v) is 9.60. The van der Waals surface area contributed by atoms with Gasteiger partial charge < -0.3 is 42.9 Å². The van der Waals surface area contributed by atoms with Crippen molar-refractivity contribution in [3.8, 4) is 0 Å². The molecule has 260 valence electrons. The lowest BCUT2D eigenvalue weighted by Crippen LogP contribution is -3.00. The van der Waals surface area contributed by atoms with E-state index in [1.165, 1.54) is 9.80 Å². The average molecular weight is 787 g/mol. The van der Waals surface area contributed by atoms with Crippen LogP contribution < -0.4 is 34.0 Å². The molecule has 2 aliphatic rings. The minimum absolute atomic E-state index is 0. The fourth-order valence-electron chi connectivity index (χ4n) is 7.58. The number of unbranched alkanes of at least 4 members (excludes halogenated alkanes) is 3. The molecular formula is C38H50Br2N4O4. The maximum absolute atomic E-state index is 13.5. The summed E-state index contributed by atoms with van der Waals surface area (Å²) >= 11 is 0. The molecule has 0 aromatic heterocycles. The number of fused-ring (bicyclic) bond motifs is 1. The van der Waals surface area contributed by atoms with Crippen LogP contribution in [0.15, 0.2) is 60.7 Å². The summed E-state index contributed by atoms with van der Waals surface area (Å²) in [6, 6.07) is 18.4. The molecule has 0 N–H and O–H groups in total. The van der Waals surface area contributed by atoms with Crippen LogP contribution in [0.3, 0.4) is 0 Å². The number of hydrogen-bond acceptors (Lipinski definition) is 4. The summed E-state index contributed by atoms with van der Waals surface area (Å²) in [7, 11) is 8.93. The molecule has 0 spiro atoms. The Bertz CT molecular complexity index is 1580. The van der Waals surface area contributed by atoms with Crippen molar-refractivity contribution in [2.24, 2.45) is 5.41 Å². The van der Waals surface area contributed by atoms with E-state index in [0.717, 1.165) is 78.0 Å². The van der Waals surface area contributed by atoms with Gasteiger partial charge in [-0.1, -0.05) is 50.2 Å². The number of benzene rings is 3. The van der Waals surface area contributed by atoms with Gasteiger partial charge >= 0.3 is 0 Å². The first kappa shape index (κ1) is 39.5. The molecule has 0 aliphatic carbocycles. The number of quaternary nitrogens is 2. The summed E-state index contributed by atoms with van der Waals surface area (Å²) in [5.41, 5.74) is 2.01. The molecule has 5 rings (SSSR count). The molecule has 0 fully saturated rings. The SMILES string of the molecule is CC(C)(CN1C(=O)c2cccc3cccc(c23)C1=O)C[N+](C)(C)CCCCCC[N+](C)(C)CCCN1C(=O)c2ccccc2C1=O.[Br-].[Br-]. The first-order valence-electron chi connectivity index (χ1n) is 16.7. The Hall–Kier alpha value is -2.92. The van der Waals surface area contributed by atoms with E-state index in [1.54, 1.807) is 24.3 Å². The number of rotatable bonds is 15. The van der Waals surface area contributed by atoms with Gasteiger partial charge in [0.1, 0.15) is 0 Å². The van der Waals surface area contributed by atoms with Gasteiger partial charge in [0.25, 0.3) is 23.6 Å². The maximum atomic E-state index is 13.5. The van der Waals surface area contributed by atoms with E-state index in [1.807, 2.05) is 36.4 Å². The van der Waals surface area contributed by atoms with Crippen LogP contribution in [0.2, 0.25) is 0 Å². The summed E-state index contributed by atoms with van der Waals surface area (Å²) in [4.78, 5) is 55.0. The standard InChI is InChI=1S/C38H50N4O4.2BrH/c1-38(2,26-40-36(45)31-20-13-16-28-17-14-21-32(33(28)31)37(40)46)27-42(5,6)24-12-8-7-11-23-41(3,4)25-15-22-39-34(43)29-18-9-10-19-30(29)35(39)44;;/h9-10,13-14,16-21H,7-8,11-12,15,22-27H2,1-6H3;2*1H/q+2;;/p-2. The molecule has 8 nitrogen and oxygen atoms in total. The molecule has 0 radical (unpaired) electrons. The van der Waals surface area contributed by atoms with Crippen LogP contribution in [0.4, 0.5) is 0 Å². The molecule has 0 saturated carbocycles. The van der Waals surface area contributed by atoms with Gasteiger partial charge in [-0.25, -0.2) is 0 Å². The van der Waals surface area contributed by atoms with Crippen molar-refractivity contribution < 1.29 is 62.1 Å². The molecule has 10 heteroatoms. The highest BCUT2D eigenvalue weighted by Gasteiger charge is 2.39. The maximum Gasteiger partial charge on any atom is 0.261 e.